The zero-order chi connectivity index (χ0) is 31.7. The number of imidazole rings is 1. The standard InChI is InChI=1S/C27H15ClF8N6O2/c28-15-2-1-10(30)3-12(15)23-20-16(38-17-7-37-40-22-13(17)4-11(31)5-14(22)27(34,35)36)6-18-24(21(20)25(43)39-23)42(9-29)26(44)41(18)8-19(32)33/h1-7,19,23H,8-9H2,(H,38,40)(H,39,43). The second kappa shape index (κ2) is 10.5. The molecule has 0 aliphatic carbocycles. The van der Waals surface area contributed by atoms with E-state index in [-0.39, 0.29) is 50.2 Å². The quantitative estimate of drug-likeness (QED) is 0.207. The number of nitrogens with one attached hydrogen (secondary N) is 2. The summed E-state index contributed by atoms with van der Waals surface area (Å²) in [6, 6.07) is 4.03. The first-order valence-corrected chi connectivity index (χ1v) is 12.9. The van der Waals surface area contributed by atoms with Gasteiger partial charge in [0, 0.05) is 27.2 Å². The van der Waals surface area contributed by atoms with Crippen molar-refractivity contribution in [2.75, 3.05) is 5.32 Å². The first kappa shape index (κ1) is 29.3. The molecule has 1 aliphatic heterocycles. The molecule has 1 amide bonds. The van der Waals surface area contributed by atoms with Gasteiger partial charge in [-0.05, 0) is 36.4 Å². The minimum atomic E-state index is -5.02. The van der Waals surface area contributed by atoms with Crippen LogP contribution in [0.2, 0.25) is 5.02 Å². The third-order valence-corrected chi connectivity index (χ3v) is 7.47. The van der Waals surface area contributed by atoms with Gasteiger partial charge in [0.25, 0.3) is 12.3 Å². The SMILES string of the molecule is O=C1NC(c2cc(F)ccc2Cl)c2c(Nc3cnnc4c(C(F)(F)F)cc(F)cc34)cc3c(c21)n(CF)c(=O)n3CC(F)F. The van der Waals surface area contributed by atoms with Crippen LogP contribution in [0.15, 0.2) is 47.4 Å². The van der Waals surface area contributed by atoms with Crippen LogP contribution >= 0.6 is 11.6 Å². The first-order chi connectivity index (χ1) is 20.8. The van der Waals surface area contributed by atoms with Crippen LogP contribution in [-0.2, 0) is 19.5 Å². The van der Waals surface area contributed by atoms with E-state index in [2.05, 4.69) is 20.8 Å². The van der Waals surface area contributed by atoms with Gasteiger partial charge in [-0.3, -0.25) is 13.9 Å². The lowest BCUT2D eigenvalue weighted by molar-refractivity contribution is -0.136. The Morgan fingerprint density at radius 3 is 2.45 bits per heavy atom. The average Bonchev–Trinajstić information content (AvgIpc) is 3.42. The van der Waals surface area contributed by atoms with E-state index >= 15 is 0 Å². The Morgan fingerprint density at radius 2 is 1.77 bits per heavy atom. The zero-order valence-electron chi connectivity index (χ0n) is 21.6. The molecule has 1 aliphatic rings. The molecule has 6 rings (SSSR count). The van der Waals surface area contributed by atoms with E-state index in [0.29, 0.717) is 9.13 Å². The van der Waals surface area contributed by atoms with Gasteiger partial charge in [0.15, 0.2) is 6.80 Å². The fourth-order valence-electron chi connectivity index (χ4n) is 5.39. The van der Waals surface area contributed by atoms with Gasteiger partial charge < -0.3 is 10.6 Å². The highest BCUT2D eigenvalue weighted by Crippen LogP contribution is 2.44. The van der Waals surface area contributed by atoms with Crippen LogP contribution in [0, 0.1) is 11.6 Å². The number of carbonyl (C=O) groups excluding carboxylic acids is 1. The molecule has 44 heavy (non-hydrogen) atoms. The summed E-state index contributed by atoms with van der Waals surface area (Å²) in [4.78, 5) is 26.4. The van der Waals surface area contributed by atoms with Crippen LogP contribution in [0.25, 0.3) is 21.9 Å². The molecule has 3 aromatic carbocycles. The van der Waals surface area contributed by atoms with Gasteiger partial charge in [-0.15, -0.1) is 5.10 Å². The molecular formula is C27H15ClF8N6O2. The molecule has 0 bridgehead atoms. The van der Waals surface area contributed by atoms with Crippen LogP contribution in [0.4, 0.5) is 46.5 Å². The number of hydrogen-bond acceptors (Lipinski definition) is 5. The number of aromatic nitrogens is 4. The molecule has 228 valence electrons. The van der Waals surface area contributed by atoms with Gasteiger partial charge in [-0.25, -0.2) is 26.7 Å². The molecule has 5 aromatic rings. The minimum absolute atomic E-state index is 0.00504. The number of rotatable bonds is 6. The van der Waals surface area contributed by atoms with Crippen molar-refractivity contribution in [2.24, 2.45) is 0 Å². The van der Waals surface area contributed by atoms with Crippen molar-refractivity contribution in [3.05, 3.63) is 92.0 Å². The van der Waals surface area contributed by atoms with E-state index in [0.717, 1.165) is 30.5 Å². The number of amides is 1. The molecule has 3 heterocycles. The van der Waals surface area contributed by atoms with Crippen molar-refractivity contribution in [1.82, 2.24) is 24.6 Å². The van der Waals surface area contributed by atoms with Gasteiger partial charge in [-0.2, -0.15) is 18.3 Å². The Hall–Kier alpha value is -4.73. The fourth-order valence-corrected chi connectivity index (χ4v) is 5.61. The van der Waals surface area contributed by atoms with Gasteiger partial charge in [-0.1, -0.05) is 11.6 Å². The van der Waals surface area contributed by atoms with Gasteiger partial charge in [0.1, 0.15) is 17.2 Å². The molecule has 17 heteroatoms. The molecule has 2 N–H and O–H groups in total. The second-order valence-corrected chi connectivity index (χ2v) is 10.1. The molecule has 1 unspecified atom stereocenters. The first-order valence-electron chi connectivity index (χ1n) is 12.5. The Kier molecular flexibility index (Phi) is 6.98. The largest absolute Gasteiger partial charge is 0.418 e. The lowest BCUT2D eigenvalue weighted by Crippen LogP contribution is -2.26. The lowest BCUT2D eigenvalue weighted by atomic mass is 9.95. The summed E-state index contributed by atoms with van der Waals surface area (Å²) >= 11 is 6.31. The van der Waals surface area contributed by atoms with E-state index < -0.39 is 71.7 Å². The van der Waals surface area contributed by atoms with E-state index in [4.69, 9.17) is 11.6 Å². The zero-order valence-corrected chi connectivity index (χ0v) is 22.4. The van der Waals surface area contributed by atoms with Crippen molar-refractivity contribution in [2.45, 2.75) is 32.0 Å². The summed E-state index contributed by atoms with van der Waals surface area (Å²) in [6.07, 6.45) is -7.16. The summed E-state index contributed by atoms with van der Waals surface area (Å²) < 4.78 is 112. The predicted octanol–water partition coefficient (Wildman–Crippen LogP) is 6.47. The monoisotopic (exact) mass is 642 g/mol. The number of halogens is 9. The molecule has 0 saturated carbocycles. The number of nitrogens with zero attached hydrogens (tertiary/aromatic N) is 4. The molecule has 0 radical (unpaired) electrons. The molecule has 8 nitrogen and oxygen atoms in total. The summed E-state index contributed by atoms with van der Waals surface area (Å²) in [5.41, 5.74) is -4.97. The van der Waals surface area contributed by atoms with Crippen molar-refractivity contribution < 1.29 is 39.9 Å². The van der Waals surface area contributed by atoms with Crippen LogP contribution < -0.4 is 16.3 Å². The highest BCUT2D eigenvalue weighted by molar-refractivity contribution is 6.31. The average molecular weight is 643 g/mol. The molecule has 2 aromatic heterocycles. The summed E-state index contributed by atoms with van der Waals surface area (Å²) in [5.74, 6) is -2.95. The van der Waals surface area contributed by atoms with Crippen LogP contribution in [0.3, 0.4) is 0 Å². The van der Waals surface area contributed by atoms with Crippen molar-refractivity contribution in [3.8, 4) is 0 Å². The topological polar surface area (TPSA) is 93.8 Å². The Labute approximate surface area is 244 Å². The predicted molar refractivity (Wildman–Crippen MR) is 142 cm³/mol. The van der Waals surface area contributed by atoms with E-state index in [1.807, 2.05) is 0 Å². The van der Waals surface area contributed by atoms with Crippen molar-refractivity contribution in [1.29, 1.82) is 0 Å². The number of benzene rings is 3. The Balaban J connectivity index is 1.69. The van der Waals surface area contributed by atoms with Crippen LogP contribution in [0.1, 0.15) is 33.1 Å². The highest BCUT2D eigenvalue weighted by atomic mass is 35.5. The maximum atomic E-state index is 14.4. The van der Waals surface area contributed by atoms with Crippen LogP contribution in [0.5, 0.6) is 0 Å². The van der Waals surface area contributed by atoms with E-state index in [9.17, 15) is 44.7 Å². The maximum absolute atomic E-state index is 14.4. The van der Waals surface area contributed by atoms with Crippen LogP contribution in [-0.4, -0.2) is 31.7 Å². The van der Waals surface area contributed by atoms with Gasteiger partial charge >= 0.3 is 11.9 Å². The molecule has 0 spiro atoms. The lowest BCUT2D eigenvalue weighted by Gasteiger charge is -2.20. The van der Waals surface area contributed by atoms with E-state index in [1.165, 1.54) is 6.07 Å². The number of hydrogen-bond donors (Lipinski definition) is 2. The molecule has 0 saturated heterocycles. The van der Waals surface area contributed by atoms with E-state index in [1.54, 1.807) is 0 Å². The van der Waals surface area contributed by atoms with Crippen molar-refractivity contribution in [3.63, 3.8) is 0 Å². The van der Waals surface area contributed by atoms with Gasteiger partial charge in [0.05, 0.1) is 46.6 Å². The molecule has 1 atom stereocenters. The smallest absolute Gasteiger partial charge is 0.353 e. The Bertz CT molecular complexity index is 2060. The molecule has 0 fully saturated rings. The molecular weight excluding hydrogens is 628 g/mol. The highest BCUT2D eigenvalue weighted by Gasteiger charge is 2.39. The van der Waals surface area contributed by atoms with Crippen molar-refractivity contribution >= 4 is 50.8 Å². The van der Waals surface area contributed by atoms with Gasteiger partial charge in [0.2, 0.25) is 0 Å². The maximum Gasteiger partial charge on any atom is 0.418 e. The summed E-state index contributed by atoms with van der Waals surface area (Å²) in [6.45, 7) is -2.71. The fraction of sp³-hybridized carbons (Fsp3) is 0.185. The third-order valence-electron chi connectivity index (χ3n) is 7.13. The second-order valence-electron chi connectivity index (χ2n) is 9.72. The summed E-state index contributed by atoms with van der Waals surface area (Å²) in [5, 5.41) is 12.0. The number of alkyl halides is 6. The number of fused-ring (bicyclic) bond motifs is 4. The Morgan fingerprint density at radius 1 is 1.02 bits per heavy atom. The normalized spacial score (nSPS) is 15.0. The summed E-state index contributed by atoms with van der Waals surface area (Å²) in [7, 11) is 0. The number of carbonyl (C=O) groups is 1. The third kappa shape index (κ3) is 4.69. The number of anilines is 2. The minimum Gasteiger partial charge on any atom is -0.353 e.